The molecule has 20 heteroatoms. The molecular formula is C43H48ClN8O9PS. The molecule has 4 heterocycles. The molecule has 0 radical (unpaired) electrons. The molecule has 4 aromatic rings. The number of para-hydroxylation sites is 1. The van der Waals surface area contributed by atoms with Crippen LogP contribution in [0.3, 0.4) is 0 Å². The zero-order valence-electron chi connectivity index (χ0n) is 35.1. The fourth-order valence-electron chi connectivity index (χ4n) is 7.72. The summed E-state index contributed by atoms with van der Waals surface area (Å²) in [7, 11) is 0.627. The first-order valence-electron chi connectivity index (χ1n) is 20.5. The number of nitrogens with zero attached hydrogens (tertiary/aromatic N) is 5. The number of fused-ring (bicyclic) bond motifs is 1. The standard InChI is InChI=1S/C43H48ClN8O9PS/c1-59-33-25-27(16-17-30(33)47-43-45-26-29(44)39(49-43)46-31-12-7-8-13-34(31)62(58,60-2)61-3)50-20-22-51(23-21-50)37(54)15-6-4-5-9-24-63-35-14-10-11-28-38(35)42(57)52(41(28)56)32-18-19-36(53)48-40(32)55/h7-8,10-14,16-17,25-26,32H,4-6,9,15,18-24H2,1-3H3,(H,48,53,55)(H2,45,46,47,49). The van der Waals surface area contributed by atoms with E-state index in [2.05, 4.69) is 30.8 Å². The third kappa shape index (κ3) is 10.2. The van der Waals surface area contributed by atoms with E-state index in [9.17, 15) is 28.5 Å². The number of imide groups is 2. The first-order chi connectivity index (χ1) is 30.4. The summed E-state index contributed by atoms with van der Waals surface area (Å²) in [5, 5.41) is 9.11. The second-order valence-corrected chi connectivity index (χ2v) is 18.7. The number of piperazine rings is 1. The van der Waals surface area contributed by atoms with Gasteiger partial charge in [-0.15, -0.1) is 11.8 Å². The molecule has 0 saturated carbocycles. The van der Waals surface area contributed by atoms with E-state index in [-0.39, 0.29) is 41.1 Å². The Labute approximate surface area is 374 Å². The monoisotopic (exact) mass is 918 g/mol. The molecule has 2 saturated heterocycles. The van der Waals surface area contributed by atoms with Crippen LogP contribution in [0.2, 0.25) is 5.02 Å². The lowest BCUT2D eigenvalue weighted by Crippen LogP contribution is -2.54. The topological polar surface area (TPSA) is 202 Å². The summed E-state index contributed by atoms with van der Waals surface area (Å²) in [6.07, 6.45) is 5.55. The highest BCUT2D eigenvalue weighted by Crippen LogP contribution is 2.47. The Balaban J connectivity index is 0.847. The highest BCUT2D eigenvalue weighted by atomic mass is 35.5. The van der Waals surface area contributed by atoms with Crippen molar-refractivity contribution in [2.75, 3.05) is 68.8 Å². The number of thioether (sulfide) groups is 1. The van der Waals surface area contributed by atoms with Gasteiger partial charge in [0.2, 0.25) is 23.7 Å². The number of hydrogen-bond acceptors (Lipinski definition) is 15. The van der Waals surface area contributed by atoms with E-state index in [1.54, 1.807) is 43.5 Å². The van der Waals surface area contributed by atoms with Crippen molar-refractivity contribution in [3.8, 4) is 5.75 Å². The summed E-state index contributed by atoms with van der Waals surface area (Å²) in [6, 6.07) is 16.8. The Bertz CT molecular complexity index is 2450. The minimum absolute atomic E-state index is 0.0719. The van der Waals surface area contributed by atoms with Crippen LogP contribution in [0, 0.1) is 0 Å². The Hall–Kier alpha value is -5.52. The van der Waals surface area contributed by atoms with Crippen molar-refractivity contribution in [1.29, 1.82) is 0 Å². The average molecular weight is 919 g/mol. The molecule has 3 N–H and O–H groups in total. The van der Waals surface area contributed by atoms with Gasteiger partial charge in [-0.25, -0.2) is 4.98 Å². The quantitative estimate of drug-likeness (QED) is 0.0421. The largest absolute Gasteiger partial charge is 0.494 e. The normalized spacial score (nSPS) is 16.6. The van der Waals surface area contributed by atoms with Gasteiger partial charge >= 0.3 is 7.60 Å². The van der Waals surface area contributed by atoms with Crippen LogP contribution < -0.4 is 30.9 Å². The van der Waals surface area contributed by atoms with Gasteiger partial charge in [0.05, 0.1) is 41.1 Å². The van der Waals surface area contributed by atoms with Crippen LogP contribution in [-0.4, -0.2) is 109 Å². The number of aromatic nitrogens is 2. The molecule has 0 spiro atoms. The molecule has 3 aromatic carbocycles. The lowest BCUT2D eigenvalue weighted by Gasteiger charge is -2.36. The smallest absolute Gasteiger partial charge is 0.362 e. The number of rotatable bonds is 18. The van der Waals surface area contributed by atoms with Gasteiger partial charge in [0.1, 0.15) is 16.8 Å². The summed E-state index contributed by atoms with van der Waals surface area (Å²) in [6.45, 7) is 2.53. The van der Waals surface area contributed by atoms with Crippen LogP contribution in [0.5, 0.6) is 5.75 Å². The predicted octanol–water partition coefficient (Wildman–Crippen LogP) is 6.53. The van der Waals surface area contributed by atoms with Gasteiger partial charge in [-0.05, 0) is 61.4 Å². The van der Waals surface area contributed by atoms with E-state index in [1.165, 1.54) is 32.2 Å². The number of carbonyl (C=O) groups excluding carboxylic acids is 5. The van der Waals surface area contributed by atoms with Crippen molar-refractivity contribution in [2.24, 2.45) is 0 Å². The van der Waals surface area contributed by atoms with Gasteiger partial charge in [-0.2, -0.15) is 4.98 Å². The van der Waals surface area contributed by atoms with Crippen LogP contribution >= 0.6 is 31.0 Å². The average Bonchev–Trinajstić information content (AvgIpc) is 3.55. The van der Waals surface area contributed by atoms with E-state index in [0.717, 1.165) is 42.0 Å². The molecule has 0 aliphatic carbocycles. The van der Waals surface area contributed by atoms with Gasteiger partial charge in [-0.3, -0.25) is 38.8 Å². The van der Waals surface area contributed by atoms with E-state index in [4.69, 9.17) is 25.4 Å². The van der Waals surface area contributed by atoms with Crippen molar-refractivity contribution >= 4 is 94.6 Å². The number of methoxy groups -OCH3 is 1. The lowest BCUT2D eigenvalue weighted by atomic mass is 10.0. The summed E-state index contributed by atoms with van der Waals surface area (Å²) in [5.74, 6) is -0.106. The van der Waals surface area contributed by atoms with Crippen molar-refractivity contribution in [3.63, 3.8) is 0 Å². The molecule has 63 heavy (non-hydrogen) atoms. The van der Waals surface area contributed by atoms with E-state index < -0.39 is 37.3 Å². The Morgan fingerprint density at radius 1 is 0.905 bits per heavy atom. The molecule has 3 aliphatic heterocycles. The number of nitrogens with one attached hydrogen (secondary N) is 3. The van der Waals surface area contributed by atoms with Gasteiger partial charge in [-0.1, -0.05) is 42.6 Å². The van der Waals surface area contributed by atoms with Crippen LogP contribution in [0.1, 0.15) is 65.7 Å². The first-order valence-corrected chi connectivity index (χ1v) is 23.4. The molecule has 1 aromatic heterocycles. The molecule has 1 unspecified atom stereocenters. The fraction of sp³-hybridized carbons (Fsp3) is 0.372. The highest BCUT2D eigenvalue weighted by Gasteiger charge is 2.45. The Morgan fingerprint density at radius 2 is 1.67 bits per heavy atom. The molecule has 17 nitrogen and oxygen atoms in total. The van der Waals surface area contributed by atoms with Crippen LogP contribution in [0.25, 0.3) is 0 Å². The predicted molar refractivity (Wildman–Crippen MR) is 240 cm³/mol. The molecule has 7 rings (SSSR count). The number of anilines is 5. The van der Waals surface area contributed by atoms with Crippen LogP contribution in [0.15, 0.2) is 71.8 Å². The first kappa shape index (κ1) is 45.5. The zero-order chi connectivity index (χ0) is 44.7. The third-order valence-electron chi connectivity index (χ3n) is 11.1. The molecule has 2 fully saturated rings. The molecule has 1 atom stereocenters. The number of amides is 5. The molecule has 332 valence electrons. The lowest BCUT2D eigenvalue weighted by molar-refractivity contribution is -0.136. The van der Waals surface area contributed by atoms with Gasteiger partial charge in [0.25, 0.3) is 11.8 Å². The number of piperidine rings is 1. The molecule has 5 amide bonds. The maximum Gasteiger partial charge on any atom is 0.362 e. The highest BCUT2D eigenvalue weighted by molar-refractivity contribution is 7.99. The van der Waals surface area contributed by atoms with Gasteiger partial charge in [0.15, 0.2) is 5.82 Å². The number of hydrogen-bond donors (Lipinski definition) is 3. The summed E-state index contributed by atoms with van der Waals surface area (Å²) in [4.78, 5) is 78.4. The Kier molecular flexibility index (Phi) is 14.7. The second kappa shape index (κ2) is 20.3. The van der Waals surface area contributed by atoms with Crippen molar-refractivity contribution in [1.82, 2.24) is 25.1 Å². The van der Waals surface area contributed by atoms with E-state index in [1.807, 2.05) is 29.2 Å². The van der Waals surface area contributed by atoms with E-state index >= 15 is 0 Å². The second-order valence-electron chi connectivity index (χ2n) is 14.9. The maximum atomic E-state index is 13.4. The fourth-order valence-corrected chi connectivity index (χ4v) is 10.2. The number of ether oxygens (including phenoxy) is 1. The van der Waals surface area contributed by atoms with Gasteiger partial charge < -0.3 is 34.2 Å². The van der Waals surface area contributed by atoms with Crippen LogP contribution in [-0.2, 0) is 28.0 Å². The number of halogens is 1. The summed E-state index contributed by atoms with van der Waals surface area (Å²) < 4.78 is 29.3. The van der Waals surface area contributed by atoms with Crippen molar-refractivity contribution in [3.05, 3.63) is 83.0 Å². The minimum atomic E-state index is -3.58. The number of benzene rings is 3. The van der Waals surface area contributed by atoms with E-state index in [0.29, 0.717) is 65.5 Å². The molecular weight excluding hydrogens is 871 g/mol. The maximum absolute atomic E-state index is 13.4. The molecule has 3 aliphatic rings. The summed E-state index contributed by atoms with van der Waals surface area (Å²) >= 11 is 7.96. The zero-order valence-corrected chi connectivity index (χ0v) is 37.5. The minimum Gasteiger partial charge on any atom is -0.494 e. The molecule has 0 bridgehead atoms. The Morgan fingerprint density at radius 3 is 2.41 bits per heavy atom. The number of carbonyl (C=O) groups is 5. The summed E-state index contributed by atoms with van der Waals surface area (Å²) in [5.41, 5.74) is 2.61. The third-order valence-corrected chi connectivity index (χ3v) is 14.4. The van der Waals surface area contributed by atoms with Crippen LogP contribution in [0.4, 0.5) is 28.8 Å². The van der Waals surface area contributed by atoms with Gasteiger partial charge in [0, 0.05) is 69.9 Å². The SMILES string of the molecule is COc1cc(N2CCN(C(=O)CCCCCCSc3cccc4c3C(=O)N(C3CCC(=O)NC3=O)C4=O)CC2)ccc1Nc1ncc(Cl)c(Nc2ccccc2P(=O)(OC)OC)n1. The van der Waals surface area contributed by atoms with Crippen molar-refractivity contribution in [2.45, 2.75) is 55.9 Å². The number of unbranched alkanes of at least 4 members (excludes halogenated alkanes) is 3. The van der Waals surface area contributed by atoms with Crippen molar-refractivity contribution < 1.29 is 42.3 Å².